The Kier molecular flexibility index (Phi) is 9.55. The largest absolute Gasteiger partial charge is 0.463 e. The number of hydrogen-bond donors (Lipinski definition) is 0. The van der Waals surface area contributed by atoms with Crippen molar-refractivity contribution in [3.8, 4) is 0 Å². The van der Waals surface area contributed by atoms with Gasteiger partial charge in [-0.25, -0.2) is 4.79 Å². The molecule has 0 radical (unpaired) electrons. The molecule has 4 fully saturated rings. The van der Waals surface area contributed by atoms with Gasteiger partial charge >= 0.3 is 5.97 Å². The third-order valence-electron chi connectivity index (χ3n) is 9.65. The summed E-state index contributed by atoms with van der Waals surface area (Å²) in [6.07, 6.45) is 28.4. The number of carbonyl (C=O) groups excluding carboxylic acids is 1. The van der Waals surface area contributed by atoms with Gasteiger partial charge in [0.1, 0.15) is 0 Å². The van der Waals surface area contributed by atoms with Crippen molar-refractivity contribution < 1.29 is 9.53 Å². The predicted molar refractivity (Wildman–Crippen MR) is 133 cm³/mol. The third kappa shape index (κ3) is 6.61. The number of carbonyl (C=O) groups is 1. The maximum absolute atomic E-state index is 11.3. The molecule has 0 aromatic rings. The number of ether oxygens (including phenoxy) is 1. The molecule has 0 aliphatic heterocycles. The summed E-state index contributed by atoms with van der Waals surface area (Å²) in [5.41, 5.74) is 0. The fourth-order valence-electron chi connectivity index (χ4n) is 7.87. The number of esters is 1. The summed E-state index contributed by atoms with van der Waals surface area (Å²) in [5, 5.41) is 0. The minimum absolute atomic E-state index is 0.272. The van der Waals surface area contributed by atoms with Gasteiger partial charge in [-0.3, -0.25) is 4.90 Å². The molecular formula is C29H49NO2. The number of rotatable bonds is 8. The van der Waals surface area contributed by atoms with Crippen molar-refractivity contribution in [3.63, 3.8) is 0 Å². The van der Waals surface area contributed by atoms with Crippen molar-refractivity contribution in [3.05, 3.63) is 12.7 Å². The Morgan fingerprint density at radius 1 is 0.688 bits per heavy atom. The lowest BCUT2D eigenvalue weighted by Crippen LogP contribution is -2.52. The molecule has 0 unspecified atom stereocenters. The second-order valence-corrected chi connectivity index (χ2v) is 11.5. The van der Waals surface area contributed by atoms with Crippen LogP contribution in [0.25, 0.3) is 0 Å². The maximum Gasteiger partial charge on any atom is 0.330 e. The number of hydrogen-bond acceptors (Lipinski definition) is 3. The van der Waals surface area contributed by atoms with E-state index in [1.165, 1.54) is 122 Å². The lowest BCUT2D eigenvalue weighted by Gasteiger charge is -2.49. The molecule has 4 aliphatic rings. The minimum Gasteiger partial charge on any atom is -0.463 e. The molecule has 3 nitrogen and oxygen atoms in total. The van der Waals surface area contributed by atoms with Crippen LogP contribution in [-0.4, -0.2) is 35.6 Å². The highest BCUT2D eigenvalue weighted by molar-refractivity contribution is 5.81. The van der Waals surface area contributed by atoms with Crippen molar-refractivity contribution >= 4 is 5.97 Å². The van der Waals surface area contributed by atoms with E-state index in [1.807, 2.05) is 0 Å². The van der Waals surface area contributed by atoms with E-state index in [0.29, 0.717) is 6.61 Å². The van der Waals surface area contributed by atoms with Gasteiger partial charge < -0.3 is 4.74 Å². The zero-order valence-electron chi connectivity index (χ0n) is 20.7. The van der Waals surface area contributed by atoms with Crippen molar-refractivity contribution in [2.75, 3.05) is 6.61 Å². The molecule has 182 valence electrons. The molecule has 0 spiro atoms. The summed E-state index contributed by atoms with van der Waals surface area (Å²) < 4.78 is 5.25. The SMILES string of the molecule is C=CC(=O)OCCC1CCC(N(C2CCCCC2)C2CCC(C3CCCCC3)CC2)CC1. The van der Waals surface area contributed by atoms with Crippen molar-refractivity contribution in [1.29, 1.82) is 0 Å². The highest BCUT2D eigenvalue weighted by atomic mass is 16.5. The number of nitrogens with zero attached hydrogens (tertiary/aromatic N) is 1. The van der Waals surface area contributed by atoms with E-state index < -0.39 is 0 Å². The van der Waals surface area contributed by atoms with E-state index in [9.17, 15) is 4.79 Å². The average molecular weight is 444 g/mol. The fourth-order valence-corrected chi connectivity index (χ4v) is 7.87. The van der Waals surface area contributed by atoms with Gasteiger partial charge in [-0.1, -0.05) is 57.9 Å². The molecule has 4 rings (SSSR count). The summed E-state index contributed by atoms with van der Waals surface area (Å²) >= 11 is 0. The van der Waals surface area contributed by atoms with Gasteiger partial charge in [0.05, 0.1) is 6.61 Å². The Balaban J connectivity index is 1.29. The lowest BCUT2D eigenvalue weighted by atomic mass is 9.71. The second-order valence-electron chi connectivity index (χ2n) is 11.5. The third-order valence-corrected chi connectivity index (χ3v) is 9.65. The Hall–Kier alpha value is -0.830. The molecule has 0 aromatic heterocycles. The summed E-state index contributed by atoms with van der Waals surface area (Å²) in [5.74, 6) is 2.55. The monoisotopic (exact) mass is 443 g/mol. The molecule has 32 heavy (non-hydrogen) atoms. The first-order valence-electron chi connectivity index (χ1n) is 14.3. The standard InChI is InChI=1S/C29H49NO2/c1-2-29(31)32-22-21-23-13-17-27(18-14-23)30(26-11-7-4-8-12-26)28-19-15-25(16-20-28)24-9-5-3-6-10-24/h2,23-28H,1,3-22H2. The topological polar surface area (TPSA) is 29.5 Å². The Morgan fingerprint density at radius 2 is 1.19 bits per heavy atom. The Morgan fingerprint density at radius 3 is 1.78 bits per heavy atom. The van der Waals surface area contributed by atoms with Crippen molar-refractivity contribution in [2.45, 2.75) is 140 Å². The normalized spacial score (nSPS) is 33.2. The molecule has 0 heterocycles. The van der Waals surface area contributed by atoms with E-state index in [-0.39, 0.29) is 5.97 Å². The zero-order chi connectivity index (χ0) is 22.2. The van der Waals surface area contributed by atoms with Crippen LogP contribution in [0.5, 0.6) is 0 Å². The van der Waals surface area contributed by atoms with E-state index in [4.69, 9.17) is 4.74 Å². The second kappa shape index (κ2) is 12.6. The van der Waals surface area contributed by atoms with Crippen LogP contribution in [0, 0.1) is 17.8 Å². The molecule has 0 amide bonds. The summed E-state index contributed by atoms with van der Waals surface area (Å²) in [6, 6.07) is 2.52. The molecule has 0 atom stereocenters. The molecular weight excluding hydrogens is 394 g/mol. The van der Waals surface area contributed by atoms with Crippen LogP contribution in [0.1, 0.15) is 122 Å². The van der Waals surface area contributed by atoms with Crippen molar-refractivity contribution in [2.24, 2.45) is 17.8 Å². The van der Waals surface area contributed by atoms with Crippen LogP contribution in [0.2, 0.25) is 0 Å². The molecule has 4 aliphatic carbocycles. The van der Waals surface area contributed by atoms with Gasteiger partial charge in [0.2, 0.25) is 0 Å². The van der Waals surface area contributed by atoms with Gasteiger partial charge in [0, 0.05) is 24.2 Å². The smallest absolute Gasteiger partial charge is 0.330 e. The lowest BCUT2D eigenvalue weighted by molar-refractivity contribution is -0.138. The predicted octanol–water partition coefficient (Wildman–Crippen LogP) is 7.44. The Labute approximate surface area is 197 Å². The highest BCUT2D eigenvalue weighted by Crippen LogP contribution is 2.42. The molecule has 0 N–H and O–H groups in total. The van der Waals surface area contributed by atoms with E-state index in [1.54, 1.807) is 0 Å². The first-order chi connectivity index (χ1) is 15.7. The van der Waals surface area contributed by atoms with Crippen LogP contribution in [0.15, 0.2) is 12.7 Å². The van der Waals surface area contributed by atoms with Gasteiger partial charge in [0.25, 0.3) is 0 Å². The summed E-state index contributed by atoms with van der Waals surface area (Å²) in [4.78, 5) is 14.4. The van der Waals surface area contributed by atoms with Crippen molar-refractivity contribution in [1.82, 2.24) is 4.90 Å². The van der Waals surface area contributed by atoms with E-state index in [0.717, 1.165) is 42.3 Å². The van der Waals surface area contributed by atoms with E-state index >= 15 is 0 Å². The van der Waals surface area contributed by atoms with Crippen LogP contribution in [0.4, 0.5) is 0 Å². The van der Waals surface area contributed by atoms with Gasteiger partial charge in [-0.2, -0.15) is 0 Å². The first-order valence-corrected chi connectivity index (χ1v) is 14.3. The minimum atomic E-state index is -0.272. The van der Waals surface area contributed by atoms with Crippen LogP contribution in [0.3, 0.4) is 0 Å². The van der Waals surface area contributed by atoms with E-state index in [2.05, 4.69) is 11.5 Å². The van der Waals surface area contributed by atoms with Crippen LogP contribution in [-0.2, 0) is 9.53 Å². The quantitative estimate of drug-likeness (QED) is 0.288. The average Bonchev–Trinajstić information content (AvgIpc) is 2.87. The van der Waals surface area contributed by atoms with Gasteiger partial charge in [0.15, 0.2) is 0 Å². The molecule has 4 saturated carbocycles. The summed E-state index contributed by atoms with van der Waals surface area (Å²) in [7, 11) is 0. The highest BCUT2D eigenvalue weighted by Gasteiger charge is 2.38. The first kappa shape index (κ1) is 24.3. The molecule has 0 bridgehead atoms. The molecule has 3 heteroatoms. The van der Waals surface area contributed by atoms with Crippen LogP contribution >= 0.6 is 0 Å². The maximum atomic E-state index is 11.3. The molecule has 0 saturated heterocycles. The Bertz CT molecular complexity index is 562. The fraction of sp³-hybridized carbons (Fsp3) is 0.897. The molecule has 0 aromatic carbocycles. The van der Waals surface area contributed by atoms with Gasteiger partial charge in [-0.15, -0.1) is 0 Å². The van der Waals surface area contributed by atoms with Crippen LogP contribution < -0.4 is 0 Å². The van der Waals surface area contributed by atoms with Gasteiger partial charge in [-0.05, 0) is 88.4 Å². The summed E-state index contributed by atoms with van der Waals surface area (Å²) in [6.45, 7) is 4.06. The zero-order valence-corrected chi connectivity index (χ0v) is 20.7.